The Morgan fingerprint density at radius 2 is 1.27 bits per heavy atom. The van der Waals surface area contributed by atoms with Crippen LogP contribution in [0.15, 0.2) is 54.7 Å². The molecule has 0 bridgehead atoms. The Morgan fingerprint density at radius 1 is 0.808 bits per heavy atom. The van der Waals surface area contributed by atoms with Crippen molar-refractivity contribution >= 4 is 57.5 Å². The second kappa shape index (κ2) is 12.3. The standard InChI is InChI=1S/C28H28N8O2.2C2HF3O2/c1-33-23(37)27(35(3)25(33)29)13-17-15-9-6-8-12-20(15)32-22(17)28(24(38)34(2)26(30)36(28)4)21(27)18-14-31-19-11-7-5-10-16(18)19;2*3-2(4,5)1(6)7/h5-12,14,21,29-32H,13H2,1-4H3;2*(H,6,7)/t21-,27-,28+;;/m0../s1. The third kappa shape index (κ3) is 5.27. The first-order chi connectivity index (χ1) is 24.1. The van der Waals surface area contributed by atoms with Gasteiger partial charge in [-0.1, -0.05) is 36.4 Å². The number of hydrogen-bond donors (Lipinski definition) is 4. The number of carboxylic acid groups (broad SMARTS) is 2. The van der Waals surface area contributed by atoms with E-state index in [1.807, 2.05) is 78.0 Å². The predicted molar refractivity (Wildman–Crippen MR) is 166 cm³/mol. The van der Waals surface area contributed by atoms with E-state index in [0.29, 0.717) is 18.3 Å². The highest BCUT2D eigenvalue weighted by atomic mass is 19.4. The molecule has 52 heavy (non-hydrogen) atoms. The Labute approximate surface area is 289 Å². The molecule has 2 aliphatic heterocycles. The lowest BCUT2D eigenvalue weighted by Gasteiger charge is -2.46. The highest BCUT2D eigenvalue weighted by molar-refractivity contribution is 6.09. The van der Waals surface area contributed by atoms with E-state index in [0.717, 1.165) is 38.6 Å². The Kier molecular flexibility index (Phi) is 8.80. The number of carbonyl (C=O) groups is 4. The quantitative estimate of drug-likeness (QED) is 0.146. The molecule has 14 nitrogen and oxygen atoms in total. The van der Waals surface area contributed by atoms with Crippen LogP contribution in [-0.4, -0.2) is 111 Å². The molecule has 4 aromatic rings. The van der Waals surface area contributed by atoms with Gasteiger partial charge in [0.2, 0.25) is 5.54 Å². The number of aliphatic carboxylic acids is 2. The summed E-state index contributed by atoms with van der Waals surface area (Å²) in [4.78, 5) is 56.7. The van der Waals surface area contributed by atoms with Crippen LogP contribution in [0, 0.1) is 0 Å². The largest absolute Gasteiger partial charge is 0.542 e. The minimum atomic E-state index is -5.19. The van der Waals surface area contributed by atoms with E-state index in [1.54, 1.807) is 14.1 Å². The Balaban J connectivity index is 0.000000318. The number of nitrogens with one attached hydrogen (secondary N) is 2. The molecular formula is C32H30F6N8O6. The lowest BCUT2D eigenvalue weighted by atomic mass is 9.58. The van der Waals surface area contributed by atoms with Gasteiger partial charge in [0.1, 0.15) is 11.9 Å². The summed E-state index contributed by atoms with van der Waals surface area (Å²) in [5, 5.41) is 19.5. The molecule has 2 spiro atoms. The number of aromatic amines is 2. The molecule has 0 radical (unpaired) electrons. The van der Waals surface area contributed by atoms with Crippen LogP contribution < -0.4 is 21.7 Å². The number of para-hydroxylation sites is 2. The number of fused-ring (bicyclic) bond motifs is 5. The molecule has 3 aliphatic rings. The molecule has 276 valence electrons. The molecule has 0 saturated carbocycles. The second-order valence-electron chi connectivity index (χ2n) is 12.2. The number of amides is 2. The van der Waals surface area contributed by atoms with E-state index in [2.05, 4.69) is 9.97 Å². The lowest BCUT2D eigenvalue weighted by molar-refractivity contribution is -0.618. The lowest BCUT2D eigenvalue weighted by Crippen LogP contribution is -2.66. The smallest absolute Gasteiger partial charge is 0.430 e. The van der Waals surface area contributed by atoms with Crippen molar-refractivity contribution in [1.82, 2.24) is 19.8 Å². The van der Waals surface area contributed by atoms with Crippen LogP contribution in [0.5, 0.6) is 0 Å². The molecule has 0 saturated heterocycles. The minimum absolute atomic E-state index is 0.155. The molecule has 1 aliphatic carbocycles. The van der Waals surface area contributed by atoms with Crippen LogP contribution in [-0.2, 0) is 31.1 Å². The maximum atomic E-state index is 14.7. The number of likely N-dealkylation sites (N-methyl/N-ethyl adjacent to an activating group) is 4. The number of carboxylic acids is 2. The third-order valence-corrected chi connectivity index (χ3v) is 9.74. The number of rotatable bonds is 1. The highest BCUT2D eigenvalue weighted by Gasteiger charge is 2.76. The topological polar surface area (TPSA) is 211 Å². The molecule has 2 amide bonds. The van der Waals surface area contributed by atoms with Gasteiger partial charge in [0, 0.05) is 34.4 Å². The number of benzene rings is 2. The zero-order valence-corrected chi connectivity index (χ0v) is 27.6. The number of hydrogen-bond acceptors (Lipinski definition) is 8. The number of guanidine groups is 2. The molecule has 2 aromatic heterocycles. The van der Waals surface area contributed by atoms with Gasteiger partial charge in [-0.05, 0) is 23.3 Å². The molecular weight excluding hydrogens is 706 g/mol. The number of halogens is 6. The Morgan fingerprint density at radius 3 is 1.73 bits per heavy atom. The number of nitrogens with two attached hydrogens (primary N) is 2. The normalized spacial score (nSPS) is 23.0. The van der Waals surface area contributed by atoms with Crippen LogP contribution in [0.2, 0.25) is 0 Å². The van der Waals surface area contributed by atoms with Gasteiger partial charge < -0.3 is 29.8 Å². The molecule has 4 heterocycles. The predicted octanol–water partition coefficient (Wildman–Crippen LogP) is -0.622. The summed E-state index contributed by atoms with van der Waals surface area (Å²) in [5.41, 5.74) is 15.0. The number of nitrogens with zero attached hydrogens (tertiary/aromatic N) is 4. The van der Waals surface area contributed by atoms with Crippen molar-refractivity contribution in [2.45, 2.75) is 35.8 Å². The van der Waals surface area contributed by atoms with Crippen molar-refractivity contribution in [3.8, 4) is 0 Å². The Bertz CT molecular complexity index is 2200. The fraction of sp³-hybridized carbons (Fsp3) is 0.312. The number of carbonyl (C=O) groups excluding carboxylic acids is 4. The summed E-state index contributed by atoms with van der Waals surface area (Å²) >= 11 is 0. The third-order valence-electron chi connectivity index (χ3n) is 9.74. The zero-order chi connectivity index (χ0) is 38.9. The average Bonchev–Trinajstić information content (AvgIpc) is 3.76. The maximum absolute atomic E-state index is 14.7. The molecule has 3 atom stereocenters. The zero-order valence-electron chi connectivity index (χ0n) is 27.6. The summed E-state index contributed by atoms with van der Waals surface area (Å²) in [5.74, 6) is -6.38. The summed E-state index contributed by atoms with van der Waals surface area (Å²) in [6.07, 6.45) is -8.10. The average molecular weight is 737 g/mol. The van der Waals surface area contributed by atoms with Gasteiger partial charge in [-0.2, -0.15) is 26.3 Å². The van der Waals surface area contributed by atoms with Crippen molar-refractivity contribution in [3.63, 3.8) is 0 Å². The fourth-order valence-corrected chi connectivity index (χ4v) is 7.36. The van der Waals surface area contributed by atoms with E-state index in [4.69, 9.17) is 31.3 Å². The molecule has 6 N–H and O–H groups in total. The molecule has 2 aromatic carbocycles. The molecule has 7 rings (SSSR count). The van der Waals surface area contributed by atoms with Gasteiger partial charge in [-0.3, -0.25) is 25.6 Å². The Hall–Kier alpha value is -6.08. The number of aromatic nitrogens is 2. The van der Waals surface area contributed by atoms with Gasteiger partial charge in [-0.15, -0.1) is 0 Å². The van der Waals surface area contributed by atoms with Crippen molar-refractivity contribution < 1.29 is 64.9 Å². The van der Waals surface area contributed by atoms with Crippen molar-refractivity contribution in [1.29, 1.82) is 0 Å². The summed E-state index contributed by atoms with van der Waals surface area (Å²) in [6, 6.07) is 15.9. The first-order valence-electron chi connectivity index (χ1n) is 15.1. The SMILES string of the molecule is CN1C(=O)[C@@]2(c3[nH]c4ccccc4c3C[C@@]3(C(=O)N(C)C(N)=[N+]3C)[C@@H]2c2c[nH]c3ccccc23)[N+](C)=C1N.O=C([O-])C(F)(F)F.O=C([O-])C(F)(F)F. The monoisotopic (exact) mass is 736 g/mol. The van der Waals surface area contributed by atoms with Crippen molar-refractivity contribution in [3.05, 3.63) is 71.5 Å². The number of alkyl halides is 6. The van der Waals surface area contributed by atoms with E-state index in [-0.39, 0.29) is 11.8 Å². The van der Waals surface area contributed by atoms with Gasteiger partial charge in [0.05, 0.1) is 39.8 Å². The van der Waals surface area contributed by atoms with E-state index in [9.17, 15) is 35.9 Å². The second-order valence-corrected chi connectivity index (χ2v) is 12.2. The first kappa shape index (κ1) is 37.2. The van der Waals surface area contributed by atoms with Crippen molar-refractivity contribution in [2.75, 3.05) is 28.2 Å². The summed E-state index contributed by atoms with van der Waals surface area (Å²) in [6.45, 7) is 0. The fourth-order valence-electron chi connectivity index (χ4n) is 7.36. The van der Waals surface area contributed by atoms with Gasteiger partial charge in [0.25, 0.3) is 0 Å². The minimum Gasteiger partial charge on any atom is -0.542 e. The van der Waals surface area contributed by atoms with Gasteiger partial charge >= 0.3 is 36.1 Å². The van der Waals surface area contributed by atoms with Crippen LogP contribution in [0.4, 0.5) is 26.3 Å². The van der Waals surface area contributed by atoms with Crippen LogP contribution in [0.3, 0.4) is 0 Å². The van der Waals surface area contributed by atoms with E-state index < -0.39 is 41.3 Å². The molecule has 20 heteroatoms. The van der Waals surface area contributed by atoms with Gasteiger partial charge in [0.15, 0.2) is 5.54 Å². The first-order valence-corrected chi connectivity index (χ1v) is 15.1. The number of H-pyrrole nitrogens is 2. The van der Waals surface area contributed by atoms with Gasteiger partial charge in [-0.25, -0.2) is 14.4 Å². The summed E-state index contributed by atoms with van der Waals surface area (Å²) in [7, 11) is 7.07. The summed E-state index contributed by atoms with van der Waals surface area (Å²) < 4.78 is 66.8. The van der Waals surface area contributed by atoms with Crippen molar-refractivity contribution in [2.24, 2.45) is 11.5 Å². The van der Waals surface area contributed by atoms with Crippen LogP contribution in [0.25, 0.3) is 21.8 Å². The highest BCUT2D eigenvalue weighted by Crippen LogP contribution is 2.58. The maximum Gasteiger partial charge on any atom is 0.430 e. The van der Waals surface area contributed by atoms with Crippen LogP contribution >= 0.6 is 0 Å². The van der Waals surface area contributed by atoms with Crippen LogP contribution in [0.1, 0.15) is 22.7 Å². The van der Waals surface area contributed by atoms with E-state index >= 15 is 0 Å². The molecule has 0 unspecified atom stereocenters. The molecule has 0 fully saturated rings. The van der Waals surface area contributed by atoms with E-state index in [1.165, 1.54) is 9.80 Å².